The largest absolute Gasteiger partial charge is 0.490 e. The second kappa shape index (κ2) is 11.2. The molecule has 0 saturated heterocycles. The first-order valence-electron chi connectivity index (χ1n) is 11.4. The van der Waals surface area contributed by atoms with Gasteiger partial charge in [0.15, 0.2) is 11.5 Å². The maximum absolute atomic E-state index is 13.1. The fourth-order valence-corrected chi connectivity index (χ4v) is 3.98. The van der Waals surface area contributed by atoms with Crippen LogP contribution in [0.3, 0.4) is 0 Å². The zero-order chi connectivity index (χ0) is 25.7. The summed E-state index contributed by atoms with van der Waals surface area (Å²) in [5, 5.41) is 14.1. The fraction of sp³-hybridized carbons (Fsp3) is 0.185. The number of carboxylic acid groups (broad SMARTS) is 1. The lowest BCUT2D eigenvalue weighted by molar-refractivity contribution is 0.0696. The number of halogens is 1. The SMILES string of the molecule is CCOc1cc(C=Nn2c(CC)nc3ccc(Br)cc3c2=O)ccc1OCc1cccc(C(=O)O)c1. The molecule has 8 nitrogen and oxygen atoms in total. The Morgan fingerprint density at radius 3 is 2.67 bits per heavy atom. The fourth-order valence-electron chi connectivity index (χ4n) is 3.61. The second-order valence-electron chi connectivity index (χ2n) is 7.84. The molecular formula is C27H24BrN3O5. The summed E-state index contributed by atoms with van der Waals surface area (Å²) in [5.41, 5.74) is 2.01. The molecule has 0 amide bonds. The molecule has 4 rings (SSSR count). The Hall–Kier alpha value is -3.98. The van der Waals surface area contributed by atoms with Crippen LogP contribution in [0.25, 0.3) is 10.9 Å². The van der Waals surface area contributed by atoms with Gasteiger partial charge in [-0.25, -0.2) is 9.78 Å². The second-order valence-corrected chi connectivity index (χ2v) is 8.75. The molecule has 184 valence electrons. The lowest BCUT2D eigenvalue weighted by atomic mass is 10.1. The molecule has 0 fully saturated rings. The number of rotatable bonds is 9. The summed E-state index contributed by atoms with van der Waals surface area (Å²) in [5.74, 6) is 0.590. The van der Waals surface area contributed by atoms with Crippen molar-refractivity contribution in [2.75, 3.05) is 6.61 Å². The van der Waals surface area contributed by atoms with E-state index in [2.05, 4.69) is 26.0 Å². The summed E-state index contributed by atoms with van der Waals surface area (Å²) in [7, 11) is 0. The number of nitrogens with zero attached hydrogens (tertiary/aromatic N) is 3. The molecule has 0 spiro atoms. The van der Waals surface area contributed by atoms with E-state index in [0.29, 0.717) is 46.8 Å². The lowest BCUT2D eigenvalue weighted by Crippen LogP contribution is -2.22. The predicted molar refractivity (Wildman–Crippen MR) is 141 cm³/mol. The summed E-state index contributed by atoms with van der Waals surface area (Å²) < 4.78 is 13.8. The third-order valence-electron chi connectivity index (χ3n) is 5.35. The van der Waals surface area contributed by atoms with Crippen LogP contribution in [0.4, 0.5) is 0 Å². The van der Waals surface area contributed by atoms with Crippen LogP contribution in [0.5, 0.6) is 11.5 Å². The normalized spacial score (nSPS) is 11.2. The van der Waals surface area contributed by atoms with Gasteiger partial charge in [0.05, 0.1) is 29.3 Å². The maximum Gasteiger partial charge on any atom is 0.335 e. The average Bonchev–Trinajstić information content (AvgIpc) is 2.88. The molecule has 3 aromatic carbocycles. The van der Waals surface area contributed by atoms with Gasteiger partial charge < -0.3 is 14.6 Å². The number of carbonyl (C=O) groups is 1. The first-order chi connectivity index (χ1) is 17.4. The van der Waals surface area contributed by atoms with Gasteiger partial charge in [0.2, 0.25) is 0 Å². The molecule has 0 bridgehead atoms. The quantitative estimate of drug-likeness (QED) is 0.285. The van der Waals surface area contributed by atoms with Gasteiger partial charge in [-0.2, -0.15) is 9.78 Å². The van der Waals surface area contributed by atoms with Crippen LogP contribution in [0.1, 0.15) is 41.2 Å². The van der Waals surface area contributed by atoms with E-state index >= 15 is 0 Å². The first-order valence-corrected chi connectivity index (χ1v) is 12.2. The highest BCUT2D eigenvalue weighted by molar-refractivity contribution is 9.10. The van der Waals surface area contributed by atoms with Gasteiger partial charge in [0, 0.05) is 10.9 Å². The molecule has 0 saturated carbocycles. The highest BCUT2D eigenvalue weighted by Gasteiger charge is 2.11. The zero-order valence-electron chi connectivity index (χ0n) is 19.8. The third kappa shape index (κ3) is 5.63. The van der Waals surface area contributed by atoms with Gasteiger partial charge in [-0.1, -0.05) is 35.0 Å². The predicted octanol–water partition coefficient (Wildman–Crippen LogP) is 5.28. The molecule has 0 unspecified atom stereocenters. The van der Waals surface area contributed by atoms with Gasteiger partial charge in [0.1, 0.15) is 12.4 Å². The zero-order valence-corrected chi connectivity index (χ0v) is 21.4. The number of aryl methyl sites for hydroxylation is 1. The number of ether oxygens (including phenoxy) is 2. The molecule has 0 radical (unpaired) electrons. The van der Waals surface area contributed by atoms with Gasteiger partial charge >= 0.3 is 5.97 Å². The molecular weight excluding hydrogens is 526 g/mol. The highest BCUT2D eigenvalue weighted by Crippen LogP contribution is 2.29. The highest BCUT2D eigenvalue weighted by atomic mass is 79.9. The number of fused-ring (bicyclic) bond motifs is 1. The van der Waals surface area contributed by atoms with Crippen molar-refractivity contribution in [3.63, 3.8) is 0 Å². The number of benzene rings is 3. The van der Waals surface area contributed by atoms with E-state index in [4.69, 9.17) is 9.47 Å². The Labute approximate surface area is 216 Å². The van der Waals surface area contributed by atoms with Crippen molar-refractivity contribution in [3.05, 3.63) is 98.0 Å². The first kappa shape index (κ1) is 25.1. The Balaban J connectivity index is 1.61. The molecule has 1 N–H and O–H groups in total. The van der Waals surface area contributed by atoms with E-state index in [1.807, 2.05) is 19.9 Å². The topological polar surface area (TPSA) is 103 Å². The van der Waals surface area contributed by atoms with Crippen LogP contribution < -0.4 is 15.0 Å². The van der Waals surface area contributed by atoms with Gasteiger partial charge in [-0.05, 0) is 66.6 Å². The van der Waals surface area contributed by atoms with Crippen LogP contribution in [0.15, 0.2) is 75.0 Å². The minimum atomic E-state index is -0.991. The molecule has 0 atom stereocenters. The summed E-state index contributed by atoms with van der Waals surface area (Å²) in [4.78, 5) is 28.9. The van der Waals surface area contributed by atoms with E-state index in [9.17, 15) is 14.7 Å². The Bertz CT molecular complexity index is 1510. The molecule has 1 aromatic heterocycles. The van der Waals surface area contributed by atoms with Crippen LogP contribution in [0.2, 0.25) is 0 Å². The van der Waals surface area contributed by atoms with E-state index in [1.165, 1.54) is 10.7 Å². The van der Waals surface area contributed by atoms with E-state index in [0.717, 1.165) is 10.0 Å². The van der Waals surface area contributed by atoms with E-state index in [1.54, 1.807) is 54.7 Å². The monoisotopic (exact) mass is 549 g/mol. The number of hydrogen-bond donors (Lipinski definition) is 1. The van der Waals surface area contributed by atoms with Gasteiger partial charge in [-0.15, -0.1) is 0 Å². The number of aromatic carboxylic acids is 1. The van der Waals surface area contributed by atoms with Crippen molar-refractivity contribution in [1.82, 2.24) is 9.66 Å². The van der Waals surface area contributed by atoms with Crippen molar-refractivity contribution < 1.29 is 19.4 Å². The molecule has 4 aromatic rings. The van der Waals surface area contributed by atoms with Gasteiger partial charge in [0.25, 0.3) is 5.56 Å². The Kier molecular flexibility index (Phi) is 7.80. The molecule has 1 heterocycles. The van der Waals surface area contributed by atoms with Crippen molar-refractivity contribution in [2.24, 2.45) is 5.10 Å². The van der Waals surface area contributed by atoms with Crippen LogP contribution in [-0.4, -0.2) is 33.6 Å². The van der Waals surface area contributed by atoms with Crippen molar-refractivity contribution in [1.29, 1.82) is 0 Å². The number of carboxylic acids is 1. The van der Waals surface area contributed by atoms with E-state index < -0.39 is 5.97 Å². The summed E-state index contributed by atoms with van der Waals surface area (Å²) in [6, 6.07) is 17.3. The smallest absolute Gasteiger partial charge is 0.335 e. The number of hydrogen-bond acceptors (Lipinski definition) is 6. The molecule has 36 heavy (non-hydrogen) atoms. The van der Waals surface area contributed by atoms with Crippen molar-refractivity contribution in [3.8, 4) is 11.5 Å². The van der Waals surface area contributed by atoms with Crippen LogP contribution >= 0.6 is 15.9 Å². The van der Waals surface area contributed by atoms with Crippen molar-refractivity contribution >= 4 is 39.0 Å². The maximum atomic E-state index is 13.1. The summed E-state index contributed by atoms with van der Waals surface area (Å²) >= 11 is 3.40. The third-order valence-corrected chi connectivity index (χ3v) is 5.84. The molecule has 0 aliphatic rings. The Morgan fingerprint density at radius 1 is 1.08 bits per heavy atom. The Morgan fingerprint density at radius 2 is 1.92 bits per heavy atom. The standard InChI is InChI=1S/C27H24BrN3O5/c1-3-25-30-22-10-9-20(28)14-21(22)26(32)31(25)29-15-17-8-11-23(24(13-17)35-4-2)36-16-18-6-5-7-19(12-18)27(33)34/h5-15H,3-4,16H2,1-2H3,(H,33,34). The molecule has 0 aliphatic heterocycles. The minimum absolute atomic E-state index is 0.183. The van der Waals surface area contributed by atoms with E-state index in [-0.39, 0.29) is 17.7 Å². The van der Waals surface area contributed by atoms with Gasteiger partial charge in [-0.3, -0.25) is 4.79 Å². The van der Waals surface area contributed by atoms with Crippen LogP contribution in [0, 0.1) is 0 Å². The minimum Gasteiger partial charge on any atom is -0.490 e. The molecule has 0 aliphatic carbocycles. The lowest BCUT2D eigenvalue weighted by Gasteiger charge is -2.13. The summed E-state index contributed by atoms with van der Waals surface area (Å²) in [6.45, 7) is 4.40. The summed E-state index contributed by atoms with van der Waals surface area (Å²) in [6.07, 6.45) is 2.12. The van der Waals surface area contributed by atoms with Crippen LogP contribution in [-0.2, 0) is 13.0 Å². The van der Waals surface area contributed by atoms with Crippen molar-refractivity contribution in [2.45, 2.75) is 26.9 Å². The number of aromatic nitrogens is 2. The average molecular weight is 550 g/mol. The molecule has 9 heteroatoms.